The van der Waals surface area contributed by atoms with Gasteiger partial charge in [0.05, 0.1) is 6.67 Å². The average molecular weight is 353 g/mol. The summed E-state index contributed by atoms with van der Waals surface area (Å²) < 4.78 is 4.66. The van der Waals surface area contributed by atoms with E-state index in [-0.39, 0.29) is 0 Å². The lowest BCUT2D eigenvalue weighted by Crippen LogP contribution is -2.47. The molecule has 5 nitrogen and oxygen atoms in total. The molecule has 6 heteroatoms. The van der Waals surface area contributed by atoms with Crippen LogP contribution < -0.4 is 0 Å². The molecule has 1 aliphatic rings. The van der Waals surface area contributed by atoms with Crippen molar-refractivity contribution in [3.05, 3.63) is 65.1 Å². The van der Waals surface area contributed by atoms with Crippen LogP contribution in [0.3, 0.4) is 0 Å². The molecular formula is C19H23N5S. The largest absolute Gasteiger partial charge is 0.300 e. The Morgan fingerprint density at radius 2 is 1.60 bits per heavy atom. The molecule has 1 aromatic carbocycles. The molecule has 3 aromatic rings. The lowest BCUT2D eigenvalue weighted by Gasteiger charge is -2.34. The van der Waals surface area contributed by atoms with Crippen molar-refractivity contribution >= 4 is 17.9 Å². The second-order valence-electron chi connectivity index (χ2n) is 6.55. The maximum Gasteiger partial charge on any atom is 0.203 e. The summed E-state index contributed by atoms with van der Waals surface area (Å²) in [5.74, 6) is 0. The molecule has 0 aliphatic carbocycles. The van der Waals surface area contributed by atoms with Gasteiger partial charge in [-0.1, -0.05) is 36.4 Å². The van der Waals surface area contributed by atoms with Gasteiger partial charge < -0.3 is 4.90 Å². The summed E-state index contributed by atoms with van der Waals surface area (Å²) in [5.41, 5.74) is 2.33. The molecule has 0 atom stereocenters. The van der Waals surface area contributed by atoms with Crippen molar-refractivity contribution in [2.45, 2.75) is 13.1 Å². The minimum Gasteiger partial charge on any atom is -0.300 e. The third-order valence-electron chi connectivity index (χ3n) is 4.85. The Bertz CT molecular complexity index is 877. The Hall–Kier alpha value is -2.02. The number of benzene rings is 1. The van der Waals surface area contributed by atoms with Crippen molar-refractivity contribution in [3.8, 4) is 0 Å². The fourth-order valence-electron chi connectivity index (χ4n) is 3.34. The van der Waals surface area contributed by atoms with Crippen LogP contribution in [0.25, 0.3) is 5.65 Å². The molecule has 0 radical (unpaired) electrons. The Kier molecular flexibility index (Phi) is 4.92. The van der Waals surface area contributed by atoms with Gasteiger partial charge in [0.1, 0.15) is 0 Å². The van der Waals surface area contributed by atoms with E-state index in [2.05, 4.69) is 45.2 Å². The predicted octanol–water partition coefficient (Wildman–Crippen LogP) is 2.68. The first-order valence-electron chi connectivity index (χ1n) is 8.82. The van der Waals surface area contributed by atoms with E-state index in [0.717, 1.165) is 56.2 Å². The van der Waals surface area contributed by atoms with Crippen molar-refractivity contribution < 1.29 is 0 Å². The summed E-state index contributed by atoms with van der Waals surface area (Å²) in [6.45, 7) is 6.23. The van der Waals surface area contributed by atoms with E-state index in [1.807, 2.05) is 33.5 Å². The second-order valence-corrected chi connectivity index (χ2v) is 6.91. The van der Waals surface area contributed by atoms with Gasteiger partial charge in [0, 0.05) is 38.9 Å². The topological polar surface area (TPSA) is 28.7 Å². The van der Waals surface area contributed by atoms with Crippen LogP contribution in [-0.4, -0.2) is 56.7 Å². The van der Waals surface area contributed by atoms with Gasteiger partial charge in [-0.2, -0.15) is 5.10 Å². The molecule has 1 fully saturated rings. The number of rotatable bonds is 5. The summed E-state index contributed by atoms with van der Waals surface area (Å²) in [6.07, 6.45) is 3.10. The lowest BCUT2D eigenvalue weighted by atomic mass is 10.1. The Morgan fingerprint density at radius 1 is 0.880 bits per heavy atom. The molecule has 1 aliphatic heterocycles. The van der Waals surface area contributed by atoms with E-state index in [9.17, 15) is 0 Å². The van der Waals surface area contributed by atoms with E-state index >= 15 is 0 Å². The third-order valence-corrected chi connectivity index (χ3v) is 5.25. The third kappa shape index (κ3) is 3.81. The fourth-order valence-corrected chi connectivity index (χ4v) is 3.59. The molecule has 2 aromatic heterocycles. The lowest BCUT2D eigenvalue weighted by molar-refractivity contribution is 0.103. The predicted molar refractivity (Wildman–Crippen MR) is 102 cm³/mol. The van der Waals surface area contributed by atoms with Gasteiger partial charge in [-0.25, -0.2) is 4.68 Å². The molecule has 3 heterocycles. The summed E-state index contributed by atoms with van der Waals surface area (Å²) in [5, 5.41) is 4.62. The normalized spacial score (nSPS) is 16.5. The van der Waals surface area contributed by atoms with Crippen LogP contribution in [0, 0.1) is 4.77 Å². The minimum atomic E-state index is 0.766. The van der Waals surface area contributed by atoms with Gasteiger partial charge in [0.25, 0.3) is 0 Å². The molecule has 130 valence electrons. The van der Waals surface area contributed by atoms with Gasteiger partial charge in [-0.15, -0.1) is 0 Å². The summed E-state index contributed by atoms with van der Waals surface area (Å²) >= 11 is 5.54. The molecule has 25 heavy (non-hydrogen) atoms. The van der Waals surface area contributed by atoms with Crippen LogP contribution in [0.2, 0.25) is 0 Å². The van der Waals surface area contributed by atoms with E-state index in [0.29, 0.717) is 0 Å². The molecule has 0 saturated carbocycles. The molecule has 0 amide bonds. The van der Waals surface area contributed by atoms with Crippen LogP contribution in [0.4, 0.5) is 0 Å². The van der Waals surface area contributed by atoms with Gasteiger partial charge >= 0.3 is 0 Å². The number of nitrogens with zero attached hydrogens (tertiary/aromatic N) is 5. The second kappa shape index (κ2) is 7.47. The van der Waals surface area contributed by atoms with Crippen molar-refractivity contribution in [3.63, 3.8) is 0 Å². The summed E-state index contributed by atoms with van der Waals surface area (Å²) in [7, 11) is 0. The highest BCUT2D eigenvalue weighted by Gasteiger charge is 2.17. The zero-order valence-electron chi connectivity index (χ0n) is 14.3. The van der Waals surface area contributed by atoms with Crippen LogP contribution in [0.15, 0.2) is 54.7 Å². The molecule has 4 rings (SSSR count). The standard InChI is InChI=1S/C19H23N5S/c25-19-23-10-5-4-8-18(23)20-24(19)16-22-14-12-21(13-15-22)11-9-17-6-2-1-3-7-17/h1-8,10H,9,11-16H2. The number of fused-ring (bicyclic) bond motifs is 1. The van der Waals surface area contributed by atoms with Crippen molar-refractivity contribution in [1.29, 1.82) is 0 Å². The van der Waals surface area contributed by atoms with Gasteiger partial charge in [-0.05, 0) is 36.3 Å². The quantitative estimate of drug-likeness (QED) is 0.660. The molecule has 0 bridgehead atoms. The molecule has 0 N–H and O–H groups in total. The van der Waals surface area contributed by atoms with Crippen molar-refractivity contribution in [2.24, 2.45) is 0 Å². The number of pyridine rings is 1. The SMILES string of the molecule is S=c1n(CN2CCN(CCc3ccccc3)CC2)nc2ccccn12. The average Bonchev–Trinajstić information content (AvgIpc) is 2.98. The van der Waals surface area contributed by atoms with Crippen LogP contribution in [-0.2, 0) is 13.1 Å². The summed E-state index contributed by atoms with van der Waals surface area (Å²) in [4.78, 5) is 4.98. The van der Waals surface area contributed by atoms with Crippen molar-refractivity contribution in [1.82, 2.24) is 24.0 Å². The molecule has 0 spiro atoms. The number of hydrogen-bond acceptors (Lipinski definition) is 4. The first-order chi connectivity index (χ1) is 12.3. The highest BCUT2D eigenvalue weighted by atomic mass is 32.1. The monoisotopic (exact) mass is 353 g/mol. The Labute approximate surface area is 153 Å². The Morgan fingerprint density at radius 3 is 2.36 bits per heavy atom. The number of aromatic nitrogens is 3. The zero-order valence-corrected chi connectivity index (χ0v) is 15.1. The van der Waals surface area contributed by atoms with E-state index < -0.39 is 0 Å². The maximum absolute atomic E-state index is 5.54. The minimum absolute atomic E-state index is 0.766. The fraction of sp³-hybridized carbons (Fsp3) is 0.368. The molecule has 0 unspecified atom stereocenters. The van der Waals surface area contributed by atoms with E-state index in [4.69, 9.17) is 12.2 Å². The number of piperazine rings is 1. The first kappa shape index (κ1) is 16.4. The Balaban J connectivity index is 1.31. The molecular weight excluding hydrogens is 330 g/mol. The van der Waals surface area contributed by atoms with Crippen LogP contribution in [0.1, 0.15) is 5.56 Å². The van der Waals surface area contributed by atoms with E-state index in [1.165, 1.54) is 5.56 Å². The first-order valence-corrected chi connectivity index (χ1v) is 9.23. The highest BCUT2D eigenvalue weighted by Crippen LogP contribution is 2.08. The van der Waals surface area contributed by atoms with Crippen LogP contribution >= 0.6 is 12.2 Å². The van der Waals surface area contributed by atoms with Crippen molar-refractivity contribution in [2.75, 3.05) is 32.7 Å². The van der Waals surface area contributed by atoms with E-state index in [1.54, 1.807) is 0 Å². The smallest absolute Gasteiger partial charge is 0.203 e. The van der Waals surface area contributed by atoms with Gasteiger partial charge in [0.2, 0.25) is 4.77 Å². The molecule has 1 saturated heterocycles. The zero-order chi connectivity index (χ0) is 17.1. The number of hydrogen-bond donors (Lipinski definition) is 0. The van der Waals surface area contributed by atoms with Gasteiger partial charge in [0.15, 0.2) is 5.65 Å². The maximum atomic E-state index is 5.54. The van der Waals surface area contributed by atoms with Crippen LogP contribution in [0.5, 0.6) is 0 Å². The highest BCUT2D eigenvalue weighted by molar-refractivity contribution is 7.71. The van der Waals surface area contributed by atoms with Gasteiger partial charge in [-0.3, -0.25) is 9.30 Å². The summed E-state index contributed by atoms with van der Waals surface area (Å²) in [6, 6.07) is 16.7.